The SMILES string of the molecule is C=[PH](CC)CC.[Y].[Y]. The van der Waals surface area contributed by atoms with Gasteiger partial charge in [0.25, 0.3) is 0 Å². The van der Waals surface area contributed by atoms with Crippen LogP contribution in [0.25, 0.3) is 0 Å². The zero-order valence-electron chi connectivity index (χ0n) is 5.78. The summed E-state index contributed by atoms with van der Waals surface area (Å²) in [5.41, 5.74) is 0. The molecule has 0 saturated carbocycles. The summed E-state index contributed by atoms with van der Waals surface area (Å²) in [5.74, 6) is 0. The molecule has 8 heavy (non-hydrogen) atoms. The van der Waals surface area contributed by atoms with Crippen LogP contribution in [0.1, 0.15) is 13.8 Å². The van der Waals surface area contributed by atoms with Crippen LogP contribution in [0.15, 0.2) is 0 Å². The van der Waals surface area contributed by atoms with Crippen LogP contribution < -0.4 is 0 Å². The van der Waals surface area contributed by atoms with Crippen molar-refractivity contribution in [1.82, 2.24) is 0 Å². The molecule has 0 heterocycles. The summed E-state index contributed by atoms with van der Waals surface area (Å²) in [4.78, 5) is 0. The van der Waals surface area contributed by atoms with E-state index in [-0.39, 0.29) is 73.0 Å². The van der Waals surface area contributed by atoms with Crippen LogP contribution in [0.4, 0.5) is 0 Å². The maximum absolute atomic E-state index is 3.98. The molecular weight excluding hydrogens is 269 g/mol. The molecule has 0 atom stereocenters. The standard InChI is InChI=1S/C5H13P.2Y/c1-4-6(3)5-2;;/h6H,3-5H2,1-2H3;;. The maximum atomic E-state index is 3.98. The molecular formula is C5H13PY2. The number of hydrogen-bond acceptors (Lipinski definition) is 0. The van der Waals surface area contributed by atoms with Crippen LogP contribution in [-0.4, -0.2) is 18.6 Å². The van der Waals surface area contributed by atoms with Gasteiger partial charge in [-0.05, 0) is 12.3 Å². The number of hydrogen-bond donors (Lipinski definition) is 0. The Bertz CT molecular complexity index is 48.4. The molecule has 0 aliphatic heterocycles. The Morgan fingerprint density at radius 3 is 1.38 bits per heavy atom. The van der Waals surface area contributed by atoms with Crippen molar-refractivity contribution in [3.05, 3.63) is 0 Å². The van der Waals surface area contributed by atoms with Gasteiger partial charge in [-0.15, -0.1) is 13.8 Å². The molecule has 0 fully saturated rings. The molecule has 3 heteroatoms. The van der Waals surface area contributed by atoms with Crippen molar-refractivity contribution < 1.29 is 65.4 Å². The molecule has 0 aromatic carbocycles. The van der Waals surface area contributed by atoms with Gasteiger partial charge in [0.1, 0.15) is 0 Å². The maximum Gasteiger partial charge on any atom is 0 e. The van der Waals surface area contributed by atoms with Crippen molar-refractivity contribution in [3.8, 4) is 0 Å². The first kappa shape index (κ1) is 16.9. The summed E-state index contributed by atoms with van der Waals surface area (Å²) in [6, 6.07) is 0. The Morgan fingerprint density at radius 2 is 1.38 bits per heavy atom. The molecule has 0 N–H and O–H groups in total. The molecule has 0 aromatic heterocycles. The van der Waals surface area contributed by atoms with Gasteiger partial charge in [-0.2, -0.15) is 0 Å². The smallest absolute Gasteiger partial charge is 0 e. The molecule has 0 aliphatic rings. The third kappa shape index (κ3) is 11.3. The quantitative estimate of drug-likeness (QED) is 0.676. The second kappa shape index (κ2) is 12.2. The van der Waals surface area contributed by atoms with Gasteiger partial charge < -0.3 is 0 Å². The average Bonchev–Trinajstić information content (AvgIpc) is 1.65. The first-order valence-electron chi connectivity index (χ1n) is 2.47. The van der Waals surface area contributed by atoms with E-state index in [0.717, 1.165) is 0 Å². The molecule has 2 radical (unpaired) electrons. The van der Waals surface area contributed by atoms with E-state index in [1.807, 2.05) is 0 Å². The largest absolute Gasteiger partial charge is 0.125 e. The Labute approximate surface area is 104 Å². The summed E-state index contributed by atoms with van der Waals surface area (Å²) in [5, 5.41) is 0. The van der Waals surface area contributed by atoms with Gasteiger partial charge in [-0.25, -0.2) is 0 Å². The fraction of sp³-hybridized carbons (Fsp3) is 0.800. The van der Waals surface area contributed by atoms with Gasteiger partial charge in [0.15, 0.2) is 0 Å². The molecule has 0 saturated heterocycles. The predicted molar refractivity (Wildman–Crippen MR) is 36.5 cm³/mol. The van der Waals surface area contributed by atoms with Crippen molar-refractivity contribution in [3.63, 3.8) is 0 Å². The van der Waals surface area contributed by atoms with Gasteiger partial charge in [0, 0.05) is 65.4 Å². The van der Waals surface area contributed by atoms with Crippen molar-refractivity contribution >= 4 is 13.8 Å². The van der Waals surface area contributed by atoms with Crippen molar-refractivity contribution in [2.75, 3.05) is 12.3 Å². The Hall–Kier alpha value is 2.51. The molecule has 0 spiro atoms. The van der Waals surface area contributed by atoms with Gasteiger partial charge in [-0.3, -0.25) is 0 Å². The monoisotopic (exact) mass is 282 g/mol. The van der Waals surface area contributed by atoms with Gasteiger partial charge in [-0.1, -0.05) is 13.8 Å². The van der Waals surface area contributed by atoms with Crippen LogP contribution >= 0.6 is 7.55 Å². The van der Waals surface area contributed by atoms with Crippen molar-refractivity contribution in [2.45, 2.75) is 13.8 Å². The van der Waals surface area contributed by atoms with E-state index in [1.165, 1.54) is 12.3 Å². The van der Waals surface area contributed by atoms with Crippen LogP contribution in [-0.2, 0) is 65.4 Å². The van der Waals surface area contributed by atoms with E-state index in [0.29, 0.717) is 0 Å². The van der Waals surface area contributed by atoms with Crippen LogP contribution in [0.5, 0.6) is 0 Å². The van der Waals surface area contributed by atoms with E-state index >= 15 is 0 Å². The minimum atomic E-state index is -0.118. The molecule has 0 nitrogen and oxygen atoms in total. The fourth-order valence-electron chi connectivity index (χ4n) is 0.250. The van der Waals surface area contributed by atoms with E-state index in [4.69, 9.17) is 0 Å². The van der Waals surface area contributed by atoms with Gasteiger partial charge >= 0.3 is 0 Å². The molecule has 44 valence electrons. The first-order valence-corrected chi connectivity index (χ1v) is 4.60. The Morgan fingerprint density at radius 1 is 1.12 bits per heavy atom. The predicted octanol–water partition coefficient (Wildman–Crippen LogP) is 1.67. The second-order valence-electron chi connectivity index (χ2n) is 1.46. The molecule has 0 unspecified atom stereocenters. The average molecular weight is 282 g/mol. The summed E-state index contributed by atoms with van der Waals surface area (Å²) in [6.07, 6.45) is 6.62. The van der Waals surface area contributed by atoms with Crippen LogP contribution in [0.3, 0.4) is 0 Å². The third-order valence-electron chi connectivity index (χ3n) is 1.000. The van der Waals surface area contributed by atoms with Crippen LogP contribution in [0, 0.1) is 0 Å². The molecule has 0 amide bonds. The summed E-state index contributed by atoms with van der Waals surface area (Å²) < 4.78 is 0. The second-order valence-corrected chi connectivity index (χ2v) is 4.37. The first-order chi connectivity index (χ1) is 2.81. The third-order valence-corrected chi connectivity index (χ3v) is 3.00. The molecule has 0 aromatic rings. The minimum absolute atomic E-state index is 0. The fourth-order valence-corrected chi connectivity index (χ4v) is 0.750. The normalized spacial score (nSPS) is 7.38. The molecule has 0 bridgehead atoms. The Kier molecular flexibility index (Phi) is 25.7. The van der Waals surface area contributed by atoms with Crippen molar-refractivity contribution in [1.29, 1.82) is 0 Å². The number of rotatable bonds is 2. The van der Waals surface area contributed by atoms with Crippen molar-refractivity contribution in [2.24, 2.45) is 0 Å². The van der Waals surface area contributed by atoms with Crippen LogP contribution in [0.2, 0.25) is 0 Å². The van der Waals surface area contributed by atoms with Gasteiger partial charge in [0.2, 0.25) is 0 Å². The van der Waals surface area contributed by atoms with E-state index < -0.39 is 0 Å². The molecule has 0 rings (SSSR count). The zero-order chi connectivity index (χ0) is 4.99. The van der Waals surface area contributed by atoms with Gasteiger partial charge in [0.05, 0.1) is 0 Å². The van der Waals surface area contributed by atoms with E-state index in [2.05, 4.69) is 20.1 Å². The van der Waals surface area contributed by atoms with E-state index in [1.54, 1.807) is 0 Å². The summed E-state index contributed by atoms with van der Waals surface area (Å²) in [6.45, 7) is 4.43. The Balaban J connectivity index is -0.000000125. The topological polar surface area (TPSA) is 0 Å². The zero-order valence-corrected chi connectivity index (χ0v) is 12.5. The minimum Gasteiger partial charge on any atom is -0.125 e. The summed E-state index contributed by atoms with van der Waals surface area (Å²) in [7, 11) is -0.118. The summed E-state index contributed by atoms with van der Waals surface area (Å²) >= 11 is 0. The molecule has 0 aliphatic carbocycles. The van der Waals surface area contributed by atoms with E-state index in [9.17, 15) is 0 Å².